The summed E-state index contributed by atoms with van der Waals surface area (Å²) in [7, 11) is 0. The van der Waals surface area contributed by atoms with Crippen molar-refractivity contribution >= 4 is 12.0 Å². The number of carbonyl (C=O) groups is 1. The van der Waals surface area contributed by atoms with Crippen LogP contribution in [0.5, 0.6) is 6.01 Å². The standard InChI is InChI=1S/C17H16F3N3O6/c18-17(19,20)12-3-1-11(2-4-12)10-28-16(24)27-8-6-13-5-7-22-9-14(23(25)26)21-15(22)29-13/h1-4,9,13H,5-8,10H2/t13-/m1/s1. The van der Waals surface area contributed by atoms with E-state index in [1.165, 1.54) is 22.9 Å². The molecule has 1 aliphatic heterocycles. The fraction of sp³-hybridized carbons (Fsp3) is 0.412. The van der Waals surface area contributed by atoms with Gasteiger partial charge in [-0.15, -0.1) is 0 Å². The van der Waals surface area contributed by atoms with E-state index in [4.69, 9.17) is 14.2 Å². The van der Waals surface area contributed by atoms with Crippen LogP contribution >= 0.6 is 0 Å². The van der Waals surface area contributed by atoms with Gasteiger partial charge in [0.05, 0.1) is 12.2 Å². The highest BCUT2D eigenvalue weighted by molar-refractivity contribution is 5.59. The number of hydrogen-bond donors (Lipinski definition) is 0. The number of rotatable bonds is 6. The Bertz CT molecular complexity index is 882. The number of halogens is 3. The third-order valence-electron chi connectivity index (χ3n) is 4.18. The molecule has 0 spiro atoms. The molecule has 0 saturated carbocycles. The first-order valence-corrected chi connectivity index (χ1v) is 8.56. The number of alkyl halides is 3. The largest absolute Gasteiger partial charge is 0.508 e. The molecule has 1 atom stereocenters. The Morgan fingerprint density at radius 2 is 2.03 bits per heavy atom. The molecule has 12 heteroatoms. The van der Waals surface area contributed by atoms with E-state index in [0.717, 1.165) is 12.1 Å². The highest BCUT2D eigenvalue weighted by Gasteiger charge is 2.30. The molecule has 0 aliphatic carbocycles. The summed E-state index contributed by atoms with van der Waals surface area (Å²) in [4.78, 5) is 25.5. The molecular formula is C17H16F3N3O6. The zero-order chi connectivity index (χ0) is 21.0. The Balaban J connectivity index is 1.38. The smallest absolute Gasteiger partial charge is 0.442 e. The lowest BCUT2D eigenvalue weighted by Gasteiger charge is -2.21. The summed E-state index contributed by atoms with van der Waals surface area (Å²) in [5.74, 6) is -0.302. The van der Waals surface area contributed by atoms with Crippen LogP contribution < -0.4 is 4.74 Å². The number of benzene rings is 1. The summed E-state index contributed by atoms with van der Waals surface area (Å²) < 4.78 is 54.3. The van der Waals surface area contributed by atoms with Crippen molar-refractivity contribution < 1.29 is 37.1 Å². The minimum atomic E-state index is -4.43. The predicted molar refractivity (Wildman–Crippen MR) is 90.1 cm³/mol. The number of fused-ring (bicyclic) bond motifs is 1. The summed E-state index contributed by atoms with van der Waals surface area (Å²) in [5.41, 5.74) is -0.402. The molecule has 1 aromatic carbocycles. The molecule has 1 aromatic heterocycles. The van der Waals surface area contributed by atoms with Crippen molar-refractivity contribution in [2.75, 3.05) is 6.61 Å². The van der Waals surface area contributed by atoms with Crippen molar-refractivity contribution in [2.45, 2.75) is 38.3 Å². The number of ether oxygens (including phenoxy) is 3. The van der Waals surface area contributed by atoms with Gasteiger partial charge >= 0.3 is 24.2 Å². The maximum Gasteiger partial charge on any atom is 0.508 e. The number of aromatic nitrogens is 2. The van der Waals surface area contributed by atoms with E-state index in [0.29, 0.717) is 24.9 Å². The predicted octanol–water partition coefficient (Wildman–Crippen LogP) is 3.70. The lowest BCUT2D eigenvalue weighted by atomic mass is 10.1. The van der Waals surface area contributed by atoms with E-state index in [1.54, 1.807) is 0 Å². The van der Waals surface area contributed by atoms with E-state index in [1.807, 2.05) is 0 Å². The van der Waals surface area contributed by atoms with Gasteiger partial charge in [-0.2, -0.15) is 13.2 Å². The highest BCUT2D eigenvalue weighted by atomic mass is 19.4. The van der Waals surface area contributed by atoms with Gasteiger partial charge in [-0.25, -0.2) is 4.79 Å². The van der Waals surface area contributed by atoms with Crippen molar-refractivity contribution in [3.05, 3.63) is 51.7 Å². The van der Waals surface area contributed by atoms with Crippen LogP contribution in [0.25, 0.3) is 0 Å². The highest BCUT2D eigenvalue weighted by Crippen LogP contribution is 2.29. The number of carbonyl (C=O) groups excluding carboxylic acids is 1. The monoisotopic (exact) mass is 415 g/mol. The van der Waals surface area contributed by atoms with Crippen molar-refractivity contribution in [1.29, 1.82) is 0 Å². The second kappa shape index (κ2) is 8.37. The number of hydrogen-bond acceptors (Lipinski definition) is 7. The Hall–Kier alpha value is -3.31. The summed E-state index contributed by atoms with van der Waals surface area (Å²) in [6.07, 6.45) is -3.53. The van der Waals surface area contributed by atoms with Crippen LogP contribution in [0.4, 0.5) is 23.8 Å². The Morgan fingerprint density at radius 3 is 2.69 bits per heavy atom. The molecule has 0 unspecified atom stereocenters. The fourth-order valence-electron chi connectivity index (χ4n) is 2.67. The number of nitro groups is 1. The van der Waals surface area contributed by atoms with Crippen LogP contribution in [-0.4, -0.2) is 33.3 Å². The van der Waals surface area contributed by atoms with Gasteiger partial charge in [0.1, 0.15) is 18.9 Å². The zero-order valence-electron chi connectivity index (χ0n) is 14.9. The molecular weight excluding hydrogens is 399 g/mol. The third-order valence-corrected chi connectivity index (χ3v) is 4.18. The quantitative estimate of drug-likeness (QED) is 0.402. The average molecular weight is 415 g/mol. The molecule has 1 aliphatic rings. The lowest BCUT2D eigenvalue weighted by Crippen LogP contribution is -2.27. The van der Waals surface area contributed by atoms with Crippen LogP contribution in [0.1, 0.15) is 24.0 Å². The van der Waals surface area contributed by atoms with E-state index in [2.05, 4.69) is 4.98 Å². The number of aryl methyl sites for hydroxylation is 1. The van der Waals surface area contributed by atoms with Crippen LogP contribution in [0, 0.1) is 10.1 Å². The Labute approximate surface area is 162 Å². The molecule has 0 radical (unpaired) electrons. The first-order chi connectivity index (χ1) is 13.7. The molecule has 156 valence electrons. The Kier molecular flexibility index (Phi) is 5.89. The van der Waals surface area contributed by atoms with Crippen LogP contribution in [0.15, 0.2) is 30.5 Å². The first-order valence-electron chi connectivity index (χ1n) is 8.56. The first kappa shape index (κ1) is 20.4. The topological polar surface area (TPSA) is 106 Å². The van der Waals surface area contributed by atoms with Crippen molar-refractivity contribution in [1.82, 2.24) is 9.55 Å². The van der Waals surface area contributed by atoms with Gasteiger partial charge in [-0.3, -0.25) is 4.57 Å². The van der Waals surface area contributed by atoms with Gasteiger partial charge in [-0.1, -0.05) is 12.1 Å². The molecule has 0 saturated heterocycles. The van der Waals surface area contributed by atoms with Crippen molar-refractivity contribution in [3.8, 4) is 6.01 Å². The molecule has 29 heavy (non-hydrogen) atoms. The van der Waals surface area contributed by atoms with Gasteiger partial charge in [0.15, 0.2) is 0 Å². The lowest BCUT2D eigenvalue weighted by molar-refractivity contribution is -0.389. The number of nitrogens with zero attached hydrogens (tertiary/aromatic N) is 3. The summed E-state index contributed by atoms with van der Waals surface area (Å²) in [5, 5.41) is 10.7. The molecule has 2 heterocycles. The minimum Gasteiger partial charge on any atom is -0.442 e. The van der Waals surface area contributed by atoms with Crippen molar-refractivity contribution in [3.63, 3.8) is 0 Å². The molecule has 0 amide bonds. The molecule has 0 bridgehead atoms. The Morgan fingerprint density at radius 1 is 1.31 bits per heavy atom. The molecule has 9 nitrogen and oxygen atoms in total. The second-order valence-corrected chi connectivity index (χ2v) is 6.23. The van der Waals surface area contributed by atoms with Gasteiger partial charge in [-0.05, 0) is 22.6 Å². The normalized spacial score (nSPS) is 15.9. The maximum atomic E-state index is 12.5. The van der Waals surface area contributed by atoms with Crippen LogP contribution in [-0.2, 0) is 28.8 Å². The van der Waals surface area contributed by atoms with E-state index in [-0.39, 0.29) is 31.1 Å². The van der Waals surface area contributed by atoms with E-state index in [9.17, 15) is 28.1 Å². The summed E-state index contributed by atoms with van der Waals surface area (Å²) in [6, 6.07) is 4.37. The summed E-state index contributed by atoms with van der Waals surface area (Å²) in [6.45, 7) is 0.247. The van der Waals surface area contributed by atoms with E-state index >= 15 is 0 Å². The maximum absolute atomic E-state index is 12.5. The molecule has 2 aromatic rings. The third kappa shape index (κ3) is 5.36. The molecule has 0 N–H and O–H groups in total. The number of imidazole rings is 1. The van der Waals surface area contributed by atoms with Gasteiger partial charge in [0.25, 0.3) is 0 Å². The average Bonchev–Trinajstić information content (AvgIpc) is 3.10. The second-order valence-electron chi connectivity index (χ2n) is 6.23. The molecule has 3 rings (SSSR count). The van der Waals surface area contributed by atoms with Crippen LogP contribution in [0.3, 0.4) is 0 Å². The zero-order valence-corrected chi connectivity index (χ0v) is 14.9. The van der Waals surface area contributed by atoms with Crippen molar-refractivity contribution in [2.24, 2.45) is 0 Å². The summed E-state index contributed by atoms with van der Waals surface area (Å²) >= 11 is 0. The fourth-order valence-corrected chi connectivity index (χ4v) is 2.67. The van der Waals surface area contributed by atoms with E-state index < -0.39 is 22.8 Å². The SMILES string of the molecule is O=C(OCC[C@H]1CCn2cc([N+](=O)[O-])nc2O1)OCc1ccc(C(F)(F)F)cc1. The molecule has 0 fully saturated rings. The van der Waals surface area contributed by atoms with Gasteiger partial charge < -0.3 is 24.3 Å². The minimum absolute atomic E-state index is 0.0146. The van der Waals surface area contributed by atoms with Gasteiger partial charge in [0, 0.05) is 24.4 Å². The van der Waals surface area contributed by atoms with Crippen LogP contribution in [0.2, 0.25) is 0 Å². The van der Waals surface area contributed by atoms with Gasteiger partial charge in [0.2, 0.25) is 0 Å².